The van der Waals surface area contributed by atoms with Crippen molar-refractivity contribution in [3.8, 4) is 0 Å². The molecule has 1 aromatic heterocycles. The normalized spacial score (nSPS) is 17.3. The molecule has 2 aliphatic rings. The summed E-state index contributed by atoms with van der Waals surface area (Å²) in [5.74, 6) is 1.22. The van der Waals surface area contributed by atoms with Crippen LogP contribution in [0.2, 0.25) is 0 Å². The number of benzene rings is 1. The molecule has 0 unspecified atom stereocenters. The minimum Gasteiger partial charge on any atom is -0.442 e. The number of hydrogen-bond acceptors (Lipinski definition) is 4. The highest BCUT2D eigenvalue weighted by Gasteiger charge is 2.29. The molecule has 0 spiro atoms. The van der Waals surface area contributed by atoms with Crippen molar-refractivity contribution >= 4 is 6.03 Å². The van der Waals surface area contributed by atoms with E-state index in [1.165, 1.54) is 31.4 Å². The van der Waals surface area contributed by atoms with Gasteiger partial charge in [0.25, 0.3) is 0 Å². The standard InChI is InChI=1S/C19H23FN4O2/c20-15-6-4-5-14(9-15)10-21-19(25)24-11-16-17(12-24)26-18(22-16)13-23-7-2-1-3-8-23/h4-6,9H,1-3,7-8,10-13H2,(H,21,25). The summed E-state index contributed by atoms with van der Waals surface area (Å²) in [7, 11) is 0. The molecule has 1 N–H and O–H groups in total. The van der Waals surface area contributed by atoms with Crippen LogP contribution in [0.3, 0.4) is 0 Å². The summed E-state index contributed by atoms with van der Waals surface area (Å²) in [6.07, 6.45) is 3.78. The molecule has 1 aromatic carbocycles. The lowest BCUT2D eigenvalue weighted by molar-refractivity contribution is 0.186. The molecule has 138 valence electrons. The average Bonchev–Trinajstić information content (AvgIpc) is 3.19. The maximum atomic E-state index is 13.2. The van der Waals surface area contributed by atoms with Gasteiger partial charge in [-0.15, -0.1) is 0 Å². The van der Waals surface area contributed by atoms with Gasteiger partial charge in [-0.25, -0.2) is 14.2 Å². The fourth-order valence-corrected chi connectivity index (χ4v) is 3.55. The van der Waals surface area contributed by atoms with Crippen molar-refractivity contribution in [2.75, 3.05) is 13.1 Å². The number of halogens is 1. The lowest BCUT2D eigenvalue weighted by Gasteiger charge is -2.24. The number of amides is 2. The van der Waals surface area contributed by atoms with Gasteiger partial charge in [0, 0.05) is 6.54 Å². The van der Waals surface area contributed by atoms with Gasteiger partial charge in [0.2, 0.25) is 5.89 Å². The molecule has 1 saturated heterocycles. The van der Waals surface area contributed by atoms with Gasteiger partial charge >= 0.3 is 6.03 Å². The topological polar surface area (TPSA) is 61.6 Å². The minimum atomic E-state index is -0.303. The molecule has 6 nitrogen and oxygen atoms in total. The van der Waals surface area contributed by atoms with E-state index in [2.05, 4.69) is 15.2 Å². The number of hydrogen-bond donors (Lipinski definition) is 1. The zero-order chi connectivity index (χ0) is 17.9. The second-order valence-electron chi connectivity index (χ2n) is 6.96. The summed E-state index contributed by atoms with van der Waals surface area (Å²) in [6, 6.07) is 6.03. The number of urea groups is 1. The van der Waals surface area contributed by atoms with Crippen LogP contribution in [0.5, 0.6) is 0 Å². The zero-order valence-corrected chi connectivity index (χ0v) is 14.7. The van der Waals surface area contributed by atoms with Crippen molar-refractivity contribution in [3.05, 3.63) is 53.0 Å². The predicted molar refractivity (Wildman–Crippen MR) is 93.5 cm³/mol. The Morgan fingerprint density at radius 2 is 2.08 bits per heavy atom. The van der Waals surface area contributed by atoms with Gasteiger partial charge in [0.05, 0.1) is 19.6 Å². The minimum absolute atomic E-state index is 0.194. The molecular formula is C19H23FN4O2. The van der Waals surface area contributed by atoms with Crippen LogP contribution in [0, 0.1) is 5.82 Å². The Labute approximate surface area is 152 Å². The van der Waals surface area contributed by atoms with Crippen LogP contribution in [0.4, 0.5) is 9.18 Å². The Hall–Kier alpha value is -2.41. The Bertz CT molecular complexity index is 762. The number of nitrogens with one attached hydrogen (secondary N) is 1. The third-order valence-electron chi connectivity index (χ3n) is 4.93. The largest absolute Gasteiger partial charge is 0.442 e. The van der Waals surface area contributed by atoms with E-state index in [1.807, 2.05) is 0 Å². The van der Waals surface area contributed by atoms with Crippen LogP contribution in [-0.2, 0) is 26.2 Å². The van der Waals surface area contributed by atoms with E-state index >= 15 is 0 Å². The van der Waals surface area contributed by atoms with Gasteiger partial charge in [-0.05, 0) is 43.6 Å². The Morgan fingerprint density at radius 1 is 1.23 bits per heavy atom. The first-order valence-electron chi connectivity index (χ1n) is 9.14. The molecule has 2 amide bonds. The van der Waals surface area contributed by atoms with Crippen molar-refractivity contribution in [2.45, 2.75) is 45.4 Å². The maximum Gasteiger partial charge on any atom is 0.318 e. The second-order valence-corrected chi connectivity index (χ2v) is 6.96. The quantitative estimate of drug-likeness (QED) is 0.913. The lowest BCUT2D eigenvalue weighted by atomic mass is 10.1. The predicted octanol–water partition coefficient (Wildman–Crippen LogP) is 3.03. The Kier molecular flexibility index (Phi) is 4.88. The van der Waals surface area contributed by atoms with Gasteiger partial charge in [-0.1, -0.05) is 18.6 Å². The van der Waals surface area contributed by atoms with E-state index in [1.54, 1.807) is 17.0 Å². The summed E-state index contributed by atoms with van der Waals surface area (Å²) in [6.45, 7) is 4.12. The third kappa shape index (κ3) is 3.88. The van der Waals surface area contributed by atoms with E-state index < -0.39 is 0 Å². The number of likely N-dealkylation sites (tertiary alicyclic amines) is 1. The monoisotopic (exact) mass is 358 g/mol. The van der Waals surface area contributed by atoms with Crippen molar-refractivity contribution < 1.29 is 13.6 Å². The van der Waals surface area contributed by atoms with Crippen LogP contribution in [-0.4, -0.2) is 33.9 Å². The number of aromatic nitrogens is 1. The van der Waals surface area contributed by atoms with Crippen LogP contribution in [0.1, 0.15) is 42.2 Å². The number of piperidine rings is 1. The van der Waals surface area contributed by atoms with Crippen LogP contribution in [0.15, 0.2) is 28.7 Å². The van der Waals surface area contributed by atoms with Crippen LogP contribution >= 0.6 is 0 Å². The molecule has 26 heavy (non-hydrogen) atoms. The van der Waals surface area contributed by atoms with Crippen molar-refractivity contribution in [3.63, 3.8) is 0 Å². The van der Waals surface area contributed by atoms with Gasteiger partial charge in [-0.2, -0.15) is 0 Å². The zero-order valence-electron chi connectivity index (χ0n) is 14.7. The highest BCUT2D eigenvalue weighted by molar-refractivity contribution is 5.74. The number of fused-ring (bicyclic) bond motifs is 1. The lowest BCUT2D eigenvalue weighted by Crippen LogP contribution is -2.36. The number of rotatable bonds is 4. The molecule has 1 fully saturated rings. The summed E-state index contributed by atoms with van der Waals surface area (Å²) < 4.78 is 19.1. The summed E-state index contributed by atoms with van der Waals surface area (Å²) in [5, 5.41) is 2.82. The van der Waals surface area contributed by atoms with E-state index in [-0.39, 0.29) is 11.8 Å². The van der Waals surface area contributed by atoms with E-state index in [4.69, 9.17) is 4.42 Å². The Balaban J connectivity index is 1.29. The van der Waals surface area contributed by atoms with Crippen LogP contribution in [0.25, 0.3) is 0 Å². The molecule has 0 bridgehead atoms. The molecule has 0 aliphatic carbocycles. The highest BCUT2D eigenvalue weighted by Crippen LogP contribution is 2.24. The van der Waals surface area contributed by atoms with Gasteiger partial charge < -0.3 is 14.6 Å². The second kappa shape index (κ2) is 7.45. The molecule has 0 radical (unpaired) electrons. The fourth-order valence-electron chi connectivity index (χ4n) is 3.55. The fraction of sp³-hybridized carbons (Fsp3) is 0.474. The molecular weight excluding hydrogens is 335 g/mol. The molecule has 4 rings (SSSR count). The first kappa shape index (κ1) is 17.0. The summed E-state index contributed by atoms with van der Waals surface area (Å²) in [5.41, 5.74) is 1.58. The van der Waals surface area contributed by atoms with E-state index in [0.717, 1.165) is 42.5 Å². The Morgan fingerprint density at radius 3 is 2.85 bits per heavy atom. The number of carbonyl (C=O) groups is 1. The SMILES string of the molecule is O=C(NCc1cccc(F)c1)N1Cc2nc(CN3CCCCC3)oc2C1. The smallest absolute Gasteiger partial charge is 0.318 e. The number of carbonyl (C=O) groups excluding carboxylic acids is 1. The van der Waals surface area contributed by atoms with E-state index in [9.17, 15) is 9.18 Å². The first-order chi connectivity index (χ1) is 12.7. The molecule has 0 saturated carbocycles. The number of oxazole rings is 1. The highest BCUT2D eigenvalue weighted by atomic mass is 19.1. The number of nitrogens with zero attached hydrogens (tertiary/aromatic N) is 3. The van der Waals surface area contributed by atoms with Gasteiger partial charge in [0.1, 0.15) is 17.3 Å². The van der Waals surface area contributed by atoms with Crippen molar-refractivity contribution in [2.24, 2.45) is 0 Å². The maximum absolute atomic E-state index is 13.2. The molecule has 0 atom stereocenters. The van der Waals surface area contributed by atoms with Gasteiger partial charge in [-0.3, -0.25) is 4.90 Å². The van der Waals surface area contributed by atoms with Crippen molar-refractivity contribution in [1.82, 2.24) is 20.1 Å². The summed E-state index contributed by atoms with van der Waals surface area (Å²) in [4.78, 5) is 20.9. The van der Waals surface area contributed by atoms with Gasteiger partial charge in [0.15, 0.2) is 0 Å². The molecule has 7 heteroatoms. The third-order valence-corrected chi connectivity index (χ3v) is 4.93. The van der Waals surface area contributed by atoms with E-state index in [0.29, 0.717) is 19.6 Å². The summed E-state index contributed by atoms with van der Waals surface area (Å²) >= 11 is 0. The first-order valence-corrected chi connectivity index (χ1v) is 9.14. The molecule has 2 aromatic rings. The molecule has 3 heterocycles. The average molecular weight is 358 g/mol. The van der Waals surface area contributed by atoms with Crippen LogP contribution < -0.4 is 5.32 Å². The van der Waals surface area contributed by atoms with Crippen molar-refractivity contribution in [1.29, 1.82) is 0 Å². The molecule has 2 aliphatic heterocycles.